The average Bonchev–Trinajstić information content (AvgIpc) is 2.04. The number of likely N-dealkylation sites (N-methyl/N-ethyl adjacent to an activating group) is 1. The maximum Gasteiger partial charge on any atom is 0.0348 e. The summed E-state index contributed by atoms with van der Waals surface area (Å²) in [5.74, 6) is 0. The molecule has 2 nitrogen and oxygen atoms in total. The first kappa shape index (κ1) is 13.4. The van der Waals surface area contributed by atoms with Gasteiger partial charge in [-0.05, 0) is 36.6 Å². The molecule has 2 fully saturated rings. The van der Waals surface area contributed by atoms with Gasteiger partial charge < -0.3 is 5.32 Å². The summed E-state index contributed by atoms with van der Waals surface area (Å²) in [5, 5.41) is 3.41. The Labute approximate surface area is 107 Å². The third kappa shape index (κ3) is 3.03. The molecule has 0 aromatic carbocycles. The molecule has 1 aliphatic heterocycles. The van der Waals surface area contributed by atoms with E-state index in [0.29, 0.717) is 10.8 Å². The molecule has 100 valence electrons. The number of nitrogens with one attached hydrogen (secondary N) is 1. The Morgan fingerprint density at radius 3 is 1.88 bits per heavy atom. The molecule has 0 radical (unpaired) electrons. The van der Waals surface area contributed by atoms with Crippen LogP contribution in [-0.4, -0.2) is 36.6 Å². The zero-order valence-corrected chi connectivity index (χ0v) is 12.3. The van der Waals surface area contributed by atoms with E-state index in [0.717, 1.165) is 12.1 Å². The standard InChI is InChI=1S/C15H30N2/c1-6-17(13-9-16-10-13)12-7-14(2,3)11-15(4,5)8-12/h12-13,16H,6-11H2,1-5H3. The smallest absolute Gasteiger partial charge is 0.0348 e. The van der Waals surface area contributed by atoms with Crippen molar-refractivity contribution in [2.45, 2.75) is 66.0 Å². The predicted molar refractivity (Wildman–Crippen MR) is 74.2 cm³/mol. The van der Waals surface area contributed by atoms with Gasteiger partial charge in [-0.25, -0.2) is 0 Å². The van der Waals surface area contributed by atoms with Gasteiger partial charge in [-0.1, -0.05) is 34.6 Å². The molecule has 0 spiro atoms. The highest BCUT2D eigenvalue weighted by molar-refractivity contribution is 4.96. The summed E-state index contributed by atoms with van der Waals surface area (Å²) in [7, 11) is 0. The molecule has 1 aliphatic carbocycles. The molecule has 0 bridgehead atoms. The van der Waals surface area contributed by atoms with E-state index >= 15 is 0 Å². The number of hydrogen-bond donors (Lipinski definition) is 1. The van der Waals surface area contributed by atoms with Crippen LogP contribution < -0.4 is 5.32 Å². The predicted octanol–water partition coefficient (Wildman–Crippen LogP) is 2.89. The lowest BCUT2D eigenvalue weighted by molar-refractivity contribution is -0.00408. The van der Waals surface area contributed by atoms with Gasteiger partial charge in [-0.2, -0.15) is 0 Å². The summed E-state index contributed by atoms with van der Waals surface area (Å²) in [6, 6.07) is 1.60. The maximum absolute atomic E-state index is 3.41. The highest BCUT2D eigenvalue weighted by Gasteiger charge is 2.42. The van der Waals surface area contributed by atoms with E-state index < -0.39 is 0 Å². The Kier molecular flexibility index (Phi) is 3.57. The first-order valence-corrected chi connectivity index (χ1v) is 7.29. The minimum Gasteiger partial charge on any atom is -0.314 e. The average molecular weight is 238 g/mol. The van der Waals surface area contributed by atoms with Crippen molar-refractivity contribution in [1.82, 2.24) is 10.2 Å². The van der Waals surface area contributed by atoms with E-state index in [2.05, 4.69) is 44.8 Å². The van der Waals surface area contributed by atoms with Crippen LogP contribution in [0.5, 0.6) is 0 Å². The fourth-order valence-corrected chi connectivity index (χ4v) is 4.34. The number of nitrogens with zero attached hydrogens (tertiary/aromatic N) is 1. The minimum absolute atomic E-state index is 0.511. The summed E-state index contributed by atoms with van der Waals surface area (Å²) in [6.45, 7) is 15.7. The van der Waals surface area contributed by atoms with Crippen LogP contribution in [0.2, 0.25) is 0 Å². The van der Waals surface area contributed by atoms with E-state index in [9.17, 15) is 0 Å². The molecular formula is C15H30N2. The second-order valence-electron chi connectivity index (χ2n) is 7.71. The van der Waals surface area contributed by atoms with Crippen LogP contribution in [0.1, 0.15) is 53.9 Å². The molecule has 0 amide bonds. The van der Waals surface area contributed by atoms with Crippen LogP contribution in [0, 0.1) is 10.8 Å². The second kappa shape index (κ2) is 4.55. The van der Waals surface area contributed by atoms with Crippen molar-refractivity contribution in [2.24, 2.45) is 10.8 Å². The molecule has 2 heteroatoms. The summed E-state index contributed by atoms with van der Waals surface area (Å²) < 4.78 is 0. The Morgan fingerprint density at radius 1 is 1.00 bits per heavy atom. The third-order valence-electron chi connectivity index (χ3n) is 4.60. The van der Waals surface area contributed by atoms with Crippen molar-refractivity contribution >= 4 is 0 Å². The Balaban J connectivity index is 2.07. The van der Waals surface area contributed by atoms with Crippen LogP contribution in [0.25, 0.3) is 0 Å². The molecule has 0 aromatic rings. The highest BCUT2D eigenvalue weighted by Crippen LogP contribution is 2.47. The van der Waals surface area contributed by atoms with E-state index in [-0.39, 0.29) is 0 Å². The van der Waals surface area contributed by atoms with E-state index in [1.807, 2.05) is 0 Å². The van der Waals surface area contributed by atoms with Crippen LogP contribution in [0.4, 0.5) is 0 Å². The van der Waals surface area contributed by atoms with Crippen LogP contribution in [0.3, 0.4) is 0 Å². The molecular weight excluding hydrogens is 208 g/mol. The van der Waals surface area contributed by atoms with Crippen LogP contribution in [-0.2, 0) is 0 Å². The number of hydrogen-bond acceptors (Lipinski definition) is 2. The summed E-state index contributed by atoms with van der Waals surface area (Å²) in [5.41, 5.74) is 1.02. The number of rotatable bonds is 3. The van der Waals surface area contributed by atoms with Gasteiger partial charge in [0.25, 0.3) is 0 Å². The molecule has 0 unspecified atom stereocenters. The molecule has 1 saturated heterocycles. The van der Waals surface area contributed by atoms with Gasteiger partial charge in [-0.3, -0.25) is 4.90 Å². The molecule has 17 heavy (non-hydrogen) atoms. The quantitative estimate of drug-likeness (QED) is 0.813. The molecule has 2 aliphatic rings. The van der Waals surface area contributed by atoms with Gasteiger partial charge >= 0.3 is 0 Å². The third-order valence-corrected chi connectivity index (χ3v) is 4.60. The van der Waals surface area contributed by atoms with Crippen molar-refractivity contribution in [3.63, 3.8) is 0 Å². The maximum atomic E-state index is 3.41. The zero-order chi connectivity index (χ0) is 12.7. The lowest BCUT2D eigenvalue weighted by atomic mass is 9.63. The van der Waals surface area contributed by atoms with E-state index in [4.69, 9.17) is 0 Å². The van der Waals surface area contributed by atoms with E-state index in [1.165, 1.54) is 38.9 Å². The van der Waals surface area contributed by atoms with Gasteiger partial charge in [-0.15, -0.1) is 0 Å². The van der Waals surface area contributed by atoms with Gasteiger partial charge in [0.1, 0.15) is 0 Å². The molecule has 0 aromatic heterocycles. The van der Waals surface area contributed by atoms with Crippen molar-refractivity contribution in [1.29, 1.82) is 0 Å². The monoisotopic (exact) mass is 238 g/mol. The molecule has 1 N–H and O–H groups in total. The Bertz CT molecular complexity index is 250. The van der Waals surface area contributed by atoms with Crippen molar-refractivity contribution in [3.05, 3.63) is 0 Å². The lowest BCUT2D eigenvalue weighted by Gasteiger charge is -2.51. The molecule has 2 rings (SSSR count). The first-order chi connectivity index (χ1) is 7.83. The van der Waals surface area contributed by atoms with Gasteiger partial charge in [0, 0.05) is 25.2 Å². The van der Waals surface area contributed by atoms with Crippen molar-refractivity contribution in [3.8, 4) is 0 Å². The highest BCUT2D eigenvalue weighted by atomic mass is 15.3. The van der Waals surface area contributed by atoms with Crippen molar-refractivity contribution in [2.75, 3.05) is 19.6 Å². The van der Waals surface area contributed by atoms with E-state index in [1.54, 1.807) is 0 Å². The van der Waals surface area contributed by atoms with Crippen LogP contribution in [0.15, 0.2) is 0 Å². The van der Waals surface area contributed by atoms with Gasteiger partial charge in [0.15, 0.2) is 0 Å². The summed E-state index contributed by atoms with van der Waals surface area (Å²) in [6.07, 6.45) is 4.12. The Morgan fingerprint density at radius 2 is 1.53 bits per heavy atom. The SMILES string of the molecule is CCN(C1CNC1)C1CC(C)(C)CC(C)(C)C1. The topological polar surface area (TPSA) is 15.3 Å². The zero-order valence-electron chi connectivity index (χ0n) is 12.3. The minimum atomic E-state index is 0.511. The van der Waals surface area contributed by atoms with Crippen molar-refractivity contribution < 1.29 is 0 Å². The second-order valence-corrected chi connectivity index (χ2v) is 7.71. The summed E-state index contributed by atoms with van der Waals surface area (Å²) >= 11 is 0. The van der Waals surface area contributed by atoms with Crippen LogP contribution >= 0.6 is 0 Å². The fraction of sp³-hybridized carbons (Fsp3) is 1.00. The summed E-state index contributed by atoms with van der Waals surface area (Å²) in [4.78, 5) is 2.76. The Hall–Kier alpha value is -0.0800. The van der Waals surface area contributed by atoms with Gasteiger partial charge in [0.2, 0.25) is 0 Å². The lowest BCUT2D eigenvalue weighted by Crippen LogP contribution is -2.61. The largest absolute Gasteiger partial charge is 0.314 e. The first-order valence-electron chi connectivity index (χ1n) is 7.29. The normalized spacial score (nSPS) is 29.3. The molecule has 1 saturated carbocycles. The fourth-order valence-electron chi connectivity index (χ4n) is 4.34. The molecule has 1 heterocycles. The molecule has 0 atom stereocenters. The van der Waals surface area contributed by atoms with Gasteiger partial charge in [0.05, 0.1) is 0 Å².